The van der Waals surface area contributed by atoms with Gasteiger partial charge in [0, 0.05) is 37.5 Å². The number of methoxy groups -OCH3 is 1. The molecule has 0 aromatic carbocycles. The summed E-state index contributed by atoms with van der Waals surface area (Å²) in [6, 6.07) is -0.862. The van der Waals surface area contributed by atoms with Gasteiger partial charge in [0.1, 0.15) is 12.1 Å². The van der Waals surface area contributed by atoms with Crippen LogP contribution in [0.1, 0.15) is 66.7 Å². The van der Waals surface area contributed by atoms with Gasteiger partial charge in [-0.1, -0.05) is 63.3 Å². The van der Waals surface area contributed by atoms with E-state index in [4.69, 9.17) is 9.47 Å². The van der Waals surface area contributed by atoms with E-state index in [2.05, 4.69) is 10.6 Å². The zero-order chi connectivity index (χ0) is 32.8. The number of ketones is 2. The Hall–Kier alpha value is -3.89. The molecule has 1 aliphatic carbocycles. The molecular formula is C34H46N2O8. The maximum atomic E-state index is 13.0. The Morgan fingerprint density at radius 1 is 1.09 bits per heavy atom. The fraction of sp³-hybridized carbons (Fsp3) is 0.500. The Labute approximate surface area is 260 Å². The minimum atomic E-state index is -0.974. The fourth-order valence-electron chi connectivity index (χ4n) is 4.71. The van der Waals surface area contributed by atoms with Gasteiger partial charge in [-0.05, 0) is 44.3 Å². The first-order chi connectivity index (χ1) is 20.8. The molecule has 0 unspecified atom stereocenters. The zero-order valence-electron chi connectivity index (χ0n) is 26.5. The number of rotatable bonds is 6. The van der Waals surface area contributed by atoms with Crippen LogP contribution in [-0.4, -0.2) is 65.9 Å². The Bertz CT molecular complexity index is 1250. The molecule has 2 aliphatic rings. The highest BCUT2D eigenvalue weighted by Crippen LogP contribution is 2.24. The van der Waals surface area contributed by atoms with Crippen LogP contribution >= 0.6 is 0 Å². The summed E-state index contributed by atoms with van der Waals surface area (Å²) < 4.78 is 11.2. The van der Waals surface area contributed by atoms with Gasteiger partial charge in [0.05, 0.1) is 24.3 Å². The summed E-state index contributed by atoms with van der Waals surface area (Å²) in [5.41, 5.74) is 0.784. The largest absolute Gasteiger partial charge is 0.460 e. The van der Waals surface area contributed by atoms with Crippen LogP contribution in [0.25, 0.3) is 0 Å². The summed E-state index contributed by atoms with van der Waals surface area (Å²) in [7, 11) is 1.46. The number of esters is 1. The summed E-state index contributed by atoms with van der Waals surface area (Å²) in [4.78, 5) is 63.0. The summed E-state index contributed by atoms with van der Waals surface area (Å²) in [6.45, 7) is 8.91. The second-order valence-corrected chi connectivity index (χ2v) is 11.6. The molecule has 0 aromatic rings. The maximum absolute atomic E-state index is 13.0. The van der Waals surface area contributed by atoms with Crippen molar-refractivity contribution in [3.8, 4) is 0 Å². The Kier molecular flexibility index (Phi) is 14.9. The third kappa shape index (κ3) is 12.0. The van der Waals surface area contributed by atoms with Gasteiger partial charge in [0.15, 0.2) is 5.78 Å². The van der Waals surface area contributed by atoms with E-state index >= 15 is 0 Å². The van der Waals surface area contributed by atoms with Crippen LogP contribution in [0, 0.1) is 11.8 Å². The third-order valence-electron chi connectivity index (χ3n) is 7.29. The van der Waals surface area contributed by atoms with Crippen LogP contribution < -0.4 is 10.6 Å². The highest BCUT2D eigenvalue weighted by molar-refractivity contribution is 6.21. The van der Waals surface area contributed by atoms with Crippen molar-refractivity contribution >= 4 is 29.4 Å². The molecule has 3 N–H and O–H groups in total. The first-order valence-corrected chi connectivity index (χ1v) is 15.0. The molecule has 2 bridgehead atoms. The van der Waals surface area contributed by atoms with Crippen molar-refractivity contribution in [2.45, 2.75) is 91.1 Å². The number of hydrogen-bond donors (Lipinski definition) is 3. The molecule has 2 amide bonds. The Morgan fingerprint density at radius 3 is 2.48 bits per heavy atom. The Morgan fingerprint density at radius 2 is 1.80 bits per heavy atom. The number of Topliss-reactive ketones (excluding diaryl/α,β-unsaturated/α-hetero) is 1. The standard InChI is InChI=1S/C34H46N2O8/c1-21(2)17-30(38)35-24(5)34(42)44-29-16-11-9-7-8-10-15-27(43-6)20-31(39)36-28-19-26(37)18-25(33(28)41)14-12-13-22(3)32(40)23(29)4/h7-11,13,15,18-19,21,23-24,27,29,32,40H,12,14,16-17,20H2,1-6H3,(H,35,38)(H,36,39)/b8-7+,11-9-,15-10+,22-13+/t23-,24-,27-,29+,32-/m1/s1. The molecule has 0 radical (unpaired) electrons. The average molecular weight is 611 g/mol. The van der Waals surface area contributed by atoms with Gasteiger partial charge >= 0.3 is 5.97 Å². The number of fused-ring (bicyclic) bond motifs is 2. The lowest BCUT2D eigenvalue weighted by Gasteiger charge is -2.29. The first-order valence-electron chi connectivity index (χ1n) is 15.0. The van der Waals surface area contributed by atoms with Crippen molar-refractivity contribution in [2.75, 3.05) is 7.11 Å². The summed E-state index contributed by atoms with van der Waals surface area (Å²) in [5.74, 6) is -2.52. The van der Waals surface area contributed by atoms with Gasteiger partial charge in [-0.15, -0.1) is 0 Å². The minimum absolute atomic E-state index is 0.0599. The van der Waals surface area contributed by atoms with E-state index in [1.54, 1.807) is 57.2 Å². The average Bonchev–Trinajstić information content (AvgIpc) is 2.95. The number of amides is 2. The van der Waals surface area contributed by atoms with Crippen molar-refractivity contribution in [3.63, 3.8) is 0 Å². The van der Waals surface area contributed by atoms with E-state index in [1.807, 2.05) is 19.9 Å². The normalized spacial score (nSPS) is 28.2. The quantitative estimate of drug-likeness (QED) is 0.234. The van der Waals surface area contributed by atoms with Crippen molar-refractivity contribution in [1.29, 1.82) is 0 Å². The summed E-state index contributed by atoms with van der Waals surface area (Å²) in [6.07, 6.45) is 13.5. The molecule has 10 nitrogen and oxygen atoms in total. The molecule has 240 valence electrons. The van der Waals surface area contributed by atoms with E-state index < -0.39 is 53.7 Å². The van der Waals surface area contributed by atoms with Crippen LogP contribution in [0.5, 0.6) is 0 Å². The van der Waals surface area contributed by atoms with Gasteiger partial charge in [-0.25, -0.2) is 4.79 Å². The van der Waals surface area contributed by atoms with Crippen LogP contribution in [0.2, 0.25) is 0 Å². The van der Waals surface area contributed by atoms with Gasteiger partial charge in [-0.3, -0.25) is 19.2 Å². The number of carbonyl (C=O) groups is 5. The molecule has 0 fully saturated rings. The fourth-order valence-corrected chi connectivity index (χ4v) is 4.71. The Balaban J connectivity index is 2.31. The van der Waals surface area contributed by atoms with Gasteiger partial charge < -0.3 is 25.2 Å². The van der Waals surface area contributed by atoms with E-state index in [0.29, 0.717) is 18.4 Å². The maximum Gasteiger partial charge on any atom is 0.328 e. The third-order valence-corrected chi connectivity index (χ3v) is 7.29. The first kappa shape index (κ1) is 36.3. The zero-order valence-corrected chi connectivity index (χ0v) is 26.5. The number of ether oxygens (including phenoxy) is 2. The number of hydrogen-bond acceptors (Lipinski definition) is 8. The lowest BCUT2D eigenvalue weighted by atomic mass is 9.90. The van der Waals surface area contributed by atoms with Crippen molar-refractivity contribution in [2.24, 2.45) is 11.8 Å². The molecule has 0 saturated heterocycles. The second-order valence-electron chi connectivity index (χ2n) is 11.6. The van der Waals surface area contributed by atoms with Crippen LogP contribution in [-0.2, 0) is 33.4 Å². The SMILES string of the molecule is CO[C@@H]1/C=C/C=C/C=C\C[C@H](OC(=O)[C@@H](C)NC(=O)CC(C)C)[C@@H](C)[C@H](O)/C(C)=C/CCC2=CC(=O)C=C(NC(=O)C1)C2=O. The van der Waals surface area contributed by atoms with Crippen molar-refractivity contribution in [1.82, 2.24) is 10.6 Å². The van der Waals surface area contributed by atoms with E-state index in [1.165, 1.54) is 13.2 Å². The smallest absolute Gasteiger partial charge is 0.328 e. The number of aliphatic hydroxyl groups excluding tert-OH is 1. The molecule has 2 rings (SSSR count). The number of nitrogens with one attached hydrogen (secondary N) is 2. The van der Waals surface area contributed by atoms with E-state index in [-0.39, 0.29) is 42.4 Å². The predicted molar refractivity (Wildman–Crippen MR) is 167 cm³/mol. The van der Waals surface area contributed by atoms with E-state index in [0.717, 1.165) is 6.08 Å². The number of carbonyl (C=O) groups excluding carboxylic acids is 5. The van der Waals surface area contributed by atoms with Crippen molar-refractivity contribution < 1.29 is 38.6 Å². The molecule has 0 spiro atoms. The molecular weight excluding hydrogens is 564 g/mol. The van der Waals surface area contributed by atoms with Crippen LogP contribution in [0.15, 0.2) is 71.5 Å². The molecule has 5 atom stereocenters. The number of aliphatic hydroxyl groups is 1. The van der Waals surface area contributed by atoms with Gasteiger partial charge in [0.25, 0.3) is 0 Å². The molecule has 10 heteroatoms. The minimum Gasteiger partial charge on any atom is -0.460 e. The van der Waals surface area contributed by atoms with E-state index in [9.17, 15) is 29.1 Å². The molecule has 1 heterocycles. The number of allylic oxidation sites excluding steroid dienone is 8. The predicted octanol–water partition coefficient (Wildman–Crippen LogP) is 3.73. The lowest BCUT2D eigenvalue weighted by Crippen LogP contribution is -2.43. The monoisotopic (exact) mass is 610 g/mol. The van der Waals surface area contributed by atoms with Crippen LogP contribution in [0.3, 0.4) is 0 Å². The van der Waals surface area contributed by atoms with Gasteiger partial charge in [0.2, 0.25) is 17.6 Å². The summed E-state index contributed by atoms with van der Waals surface area (Å²) >= 11 is 0. The summed E-state index contributed by atoms with van der Waals surface area (Å²) in [5, 5.41) is 16.4. The van der Waals surface area contributed by atoms with Gasteiger partial charge in [-0.2, -0.15) is 0 Å². The highest BCUT2D eigenvalue weighted by Gasteiger charge is 2.30. The highest BCUT2D eigenvalue weighted by atomic mass is 16.5. The molecule has 44 heavy (non-hydrogen) atoms. The molecule has 0 aromatic heterocycles. The van der Waals surface area contributed by atoms with Crippen molar-refractivity contribution in [3.05, 3.63) is 71.5 Å². The molecule has 0 saturated carbocycles. The lowest BCUT2D eigenvalue weighted by molar-refractivity contribution is -0.156. The second kappa shape index (κ2) is 18.0. The molecule has 1 aliphatic heterocycles. The van der Waals surface area contributed by atoms with Crippen LogP contribution in [0.4, 0.5) is 0 Å². The topological polar surface area (TPSA) is 148 Å².